The highest BCUT2D eigenvalue weighted by molar-refractivity contribution is 5.53. The molecule has 0 aromatic carbocycles. The minimum absolute atomic E-state index is 0.215. The van der Waals surface area contributed by atoms with E-state index < -0.39 is 5.79 Å². The first-order valence-corrected chi connectivity index (χ1v) is 3.75. The Balaban J connectivity index is 2.46. The van der Waals surface area contributed by atoms with Crippen LogP contribution in [0, 0.1) is 0 Å². The molecule has 12 heavy (non-hydrogen) atoms. The van der Waals surface area contributed by atoms with Crippen LogP contribution in [-0.2, 0) is 6.42 Å². The van der Waals surface area contributed by atoms with Crippen molar-refractivity contribution in [1.29, 1.82) is 0 Å². The Morgan fingerprint density at radius 2 is 2.25 bits per heavy atom. The second-order valence-corrected chi connectivity index (χ2v) is 2.94. The molecule has 3 heteroatoms. The van der Waals surface area contributed by atoms with E-state index in [1.54, 1.807) is 18.3 Å². The van der Waals surface area contributed by atoms with Crippen LogP contribution in [0.1, 0.15) is 11.3 Å². The largest absolute Gasteiger partial charge is 0.362 e. The summed E-state index contributed by atoms with van der Waals surface area (Å²) in [6.45, 7) is 0. The summed E-state index contributed by atoms with van der Waals surface area (Å²) in [5.41, 5.74) is 1.68. The smallest absolute Gasteiger partial charge is 0.187 e. The molecule has 0 amide bonds. The first-order valence-electron chi connectivity index (χ1n) is 3.75. The summed E-state index contributed by atoms with van der Waals surface area (Å²) < 4.78 is 0. The van der Waals surface area contributed by atoms with Gasteiger partial charge in [-0.15, -0.1) is 0 Å². The molecule has 1 aromatic heterocycles. The second-order valence-electron chi connectivity index (χ2n) is 2.94. The molecular weight excluding hydrogens is 154 g/mol. The Kier molecular flexibility index (Phi) is 1.49. The van der Waals surface area contributed by atoms with Gasteiger partial charge < -0.3 is 10.2 Å². The van der Waals surface area contributed by atoms with Crippen molar-refractivity contribution >= 4 is 6.08 Å². The highest BCUT2D eigenvalue weighted by Crippen LogP contribution is 2.21. The van der Waals surface area contributed by atoms with Crippen LogP contribution in [-0.4, -0.2) is 21.0 Å². The Morgan fingerprint density at radius 1 is 1.42 bits per heavy atom. The van der Waals surface area contributed by atoms with Crippen LogP contribution >= 0.6 is 0 Å². The van der Waals surface area contributed by atoms with E-state index >= 15 is 0 Å². The summed E-state index contributed by atoms with van der Waals surface area (Å²) in [5.74, 6) is -1.70. The van der Waals surface area contributed by atoms with E-state index in [1.165, 1.54) is 6.08 Å². The molecule has 1 heterocycles. The van der Waals surface area contributed by atoms with Gasteiger partial charge in [-0.3, -0.25) is 4.98 Å². The molecule has 62 valence electrons. The van der Waals surface area contributed by atoms with E-state index in [0.29, 0.717) is 0 Å². The lowest BCUT2D eigenvalue weighted by Gasteiger charge is -2.21. The number of hydrogen-bond donors (Lipinski definition) is 2. The number of aromatic nitrogens is 1. The number of hydrogen-bond acceptors (Lipinski definition) is 3. The fraction of sp³-hybridized carbons (Fsp3) is 0.222. The fourth-order valence-corrected chi connectivity index (χ4v) is 1.30. The SMILES string of the molecule is OC1(O)C=Cc2ncccc2C1. The van der Waals surface area contributed by atoms with Crippen molar-refractivity contribution < 1.29 is 10.2 Å². The van der Waals surface area contributed by atoms with Crippen LogP contribution in [0.3, 0.4) is 0 Å². The zero-order chi connectivity index (χ0) is 8.60. The van der Waals surface area contributed by atoms with E-state index in [2.05, 4.69) is 4.98 Å². The fourth-order valence-electron chi connectivity index (χ4n) is 1.30. The Hall–Kier alpha value is -1.19. The number of nitrogens with zero attached hydrogens (tertiary/aromatic N) is 1. The summed E-state index contributed by atoms with van der Waals surface area (Å²) in [6, 6.07) is 3.63. The van der Waals surface area contributed by atoms with Gasteiger partial charge in [0, 0.05) is 12.6 Å². The minimum atomic E-state index is -1.70. The quantitative estimate of drug-likeness (QED) is 0.542. The molecule has 2 N–H and O–H groups in total. The highest BCUT2D eigenvalue weighted by atomic mass is 16.5. The molecule has 0 aliphatic heterocycles. The summed E-state index contributed by atoms with van der Waals surface area (Å²) in [5, 5.41) is 18.5. The van der Waals surface area contributed by atoms with Crippen molar-refractivity contribution in [1.82, 2.24) is 4.98 Å². The van der Waals surface area contributed by atoms with Crippen molar-refractivity contribution in [2.45, 2.75) is 12.2 Å². The molecule has 3 nitrogen and oxygen atoms in total. The molecule has 0 fully saturated rings. The molecule has 0 atom stereocenters. The summed E-state index contributed by atoms with van der Waals surface area (Å²) in [6.07, 6.45) is 4.87. The maximum absolute atomic E-state index is 9.26. The summed E-state index contributed by atoms with van der Waals surface area (Å²) in [7, 11) is 0. The van der Waals surface area contributed by atoms with Gasteiger partial charge >= 0.3 is 0 Å². The van der Waals surface area contributed by atoms with E-state index in [9.17, 15) is 10.2 Å². The molecule has 0 saturated carbocycles. The van der Waals surface area contributed by atoms with Crippen LogP contribution in [0.4, 0.5) is 0 Å². The molecular formula is C9H9NO2. The molecule has 2 rings (SSSR count). The summed E-state index contributed by atoms with van der Waals surface area (Å²) in [4.78, 5) is 4.08. The molecule has 0 unspecified atom stereocenters. The van der Waals surface area contributed by atoms with Gasteiger partial charge in [-0.2, -0.15) is 0 Å². The van der Waals surface area contributed by atoms with Crippen LogP contribution < -0.4 is 0 Å². The molecule has 1 aromatic rings. The molecule has 0 spiro atoms. The lowest BCUT2D eigenvalue weighted by atomic mass is 9.97. The number of pyridine rings is 1. The number of aliphatic hydroxyl groups is 2. The lowest BCUT2D eigenvalue weighted by molar-refractivity contribution is -0.116. The highest BCUT2D eigenvalue weighted by Gasteiger charge is 2.24. The summed E-state index contributed by atoms with van der Waals surface area (Å²) >= 11 is 0. The van der Waals surface area contributed by atoms with E-state index in [0.717, 1.165) is 11.3 Å². The van der Waals surface area contributed by atoms with E-state index in [1.807, 2.05) is 6.07 Å². The van der Waals surface area contributed by atoms with Gasteiger partial charge in [0.2, 0.25) is 0 Å². The number of fused-ring (bicyclic) bond motifs is 1. The van der Waals surface area contributed by atoms with Crippen molar-refractivity contribution in [2.24, 2.45) is 0 Å². The van der Waals surface area contributed by atoms with Crippen LogP contribution in [0.2, 0.25) is 0 Å². The Labute approximate surface area is 70.0 Å². The first-order chi connectivity index (χ1) is 5.67. The maximum atomic E-state index is 9.26. The van der Waals surface area contributed by atoms with E-state index in [-0.39, 0.29) is 6.42 Å². The average molecular weight is 163 g/mol. The van der Waals surface area contributed by atoms with Gasteiger partial charge in [-0.1, -0.05) is 6.07 Å². The molecule has 1 aliphatic carbocycles. The second kappa shape index (κ2) is 2.40. The third-order valence-electron chi connectivity index (χ3n) is 1.88. The predicted molar refractivity (Wildman–Crippen MR) is 44.1 cm³/mol. The average Bonchev–Trinajstić information content (AvgIpc) is 2.02. The van der Waals surface area contributed by atoms with Gasteiger partial charge in [0.1, 0.15) is 0 Å². The van der Waals surface area contributed by atoms with Crippen molar-refractivity contribution in [3.8, 4) is 0 Å². The first kappa shape index (κ1) is 7.46. The van der Waals surface area contributed by atoms with Gasteiger partial charge in [0.05, 0.1) is 5.69 Å². The molecule has 1 aliphatic rings. The Morgan fingerprint density at radius 3 is 3.08 bits per heavy atom. The minimum Gasteiger partial charge on any atom is -0.362 e. The van der Waals surface area contributed by atoms with Crippen molar-refractivity contribution in [3.63, 3.8) is 0 Å². The maximum Gasteiger partial charge on any atom is 0.187 e. The van der Waals surface area contributed by atoms with Gasteiger partial charge in [0.25, 0.3) is 0 Å². The lowest BCUT2D eigenvalue weighted by Crippen LogP contribution is -2.30. The Bertz CT molecular complexity index is 331. The van der Waals surface area contributed by atoms with Crippen molar-refractivity contribution in [2.75, 3.05) is 0 Å². The molecule has 0 radical (unpaired) electrons. The van der Waals surface area contributed by atoms with E-state index in [4.69, 9.17) is 0 Å². The third-order valence-corrected chi connectivity index (χ3v) is 1.88. The van der Waals surface area contributed by atoms with Crippen LogP contribution in [0.5, 0.6) is 0 Å². The number of rotatable bonds is 0. The standard InChI is InChI=1S/C9H9NO2/c11-9(12)4-3-8-7(6-9)2-1-5-10-8/h1-5,11-12H,6H2. The molecule has 0 saturated heterocycles. The zero-order valence-corrected chi connectivity index (χ0v) is 6.44. The van der Waals surface area contributed by atoms with Gasteiger partial charge in [-0.05, 0) is 23.8 Å². The van der Waals surface area contributed by atoms with Gasteiger partial charge in [-0.25, -0.2) is 0 Å². The molecule has 0 bridgehead atoms. The van der Waals surface area contributed by atoms with Crippen LogP contribution in [0.25, 0.3) is 6.08 Å². The third kappa shape index (κ3) is 1.24. The topological polar surface area (TPSA) is 53.4 Å². The normalized spacial score (nSPS) is 18.8. The van der Waals surface area contributed by atoms with Crippen molar-refractivity contribution in [3.05, 3.63) is 35.7 Å². The van der Waals surface area contributed by atoms with Gasteiger partial charge in [0.15, 0.2) is 5.79 Å². The monoisotopic (exact) mass is 163 g/mol. The predicted octanol–water partition coefficient (Wildman–Crippen LogP) is 0.332. The van der Waals surface area contributed by atoms with Crippen LogP contribution in [0.15, 0.2) is 24.4 Å². The zero-order valence-electron chi connectivity index (χ0n) is 6.44.